The Balaban J connectivity index is 2.06. The fourth-order valence-electron chi connectivity index (χ4n) is 1.10. The number of hydrogen-bond donors (Lipinski definition) is 2. The Labute approximate surface area is 107 Å². The first kappa shape index (κ1) is 13.8. The van der Waals surface area contributed by atoms with Gasteiger partial charge in [0, 0.05) is 24.9 Å². The van der Waals surface area contributed by atoms with Crippen molar-refractivity contribution in [3.05, 3.63) is 24.4 Å². The maximum atomic E-state index is 11.4. The van der Waals surface area contributed by atoms with Gasteiger partial charge < -0.3 is 10.0 Å². The number of carbonyl (C=O) groups excluding carboxylic acids is 1. The van der Waals surface area contributed by atoms with Gasteiger partial charge in [0.05, 0.1) is 0 Å². The topological polar surface area (TPSA) is 54.0 Å². The van der Waals surface area contributed by atoms with Gasteiger partial charge in [0.1, 0.15) is 5.82 Å². The van der Waals surface area contributed by atoms with E-state index in [9.17, 15) is 4.79 Å². The van der Waals surface area contributed by atoms with E-state index in [4.69, 9.17) is 0 Å². The smallest absolute Gasteiger partial charge is 0.220 e. The summed E-state index contributed by atoms with van der Waals surface area (Å²) in [5.41, 5.74) is 0. The number of hydrogen-bond acceptors (Lipinski definition) is 4. The van der Waals surface area contributed by atoms with Crippen LogP contribution >= 0.6 is 11.9 Å². The van der Waals surface area contributed by atoms with Gasteiger partial charge in [0.2, 0.25) is 5.91 Å². The Kier molecular flexibility index (Phi) is 6.47. The molecule has 4 nitrogen and oxygen atoms in total. The van der Waals surface area contributed by atoms with E-state index in [0.717, 1.165) is 18.1 Å². The van der Waals surface area contributed by atoms with Crippen molar-refractivity contribution in [2.75, 3.05) is 17.0 Å². The Bertz CT molecular complexity index is 330. The first-order valence-electron chi connectivity index (χ1n) is 5.74. The van der Waals surface area contributed by atoms with Crippen LogP contribution in [-0.4, -0.2) is 23.2 Å². The molecule has 0 radical (unpaired) electrons. The highest BCUT2D eigenvalue weighted by Crippen LogP contribution is 2.08. The highest BCUT2D eigenvalue weighted by Gasteiger charge is 2.02. The quantitative estimate of drug-likeness (QED) is 0.578. The number of carbonyl (C=O) groups is 1. The second kappa shape index (κ2) is 7.95. The highest BCUT2D eigenvalue weighted by atomic mass is 32.2. The van der Waals surface area contributed by atoms with Gasteiger partial charge in [-0.25, -0.2) is 4.98 Å². The summed E-state index contributed by atoms with van der Waals surface area (Å²) in [6.45, 7) is 4.91. The van der Waals surface area contributed by atoms with Gasteiger partial charge >= 0.3 is 0 Å². The number of pyridine rings is 1. The maximum absolute atomic E-state index is 11.4. The molecule has 5 heteroatoms. The number of nitrogens with zero attached hydrogens (tertiary/aromatic N) is 1. The molecule has 0 fully saturated rings. The second-order valence-corrected chi connectivity index (χ2v) is 5.01. The van der Waals surface area contributed by atoms with E-state index >= 15 is 0 Å². The largest absolute Gasteiger partial charge is 0.356 e. The molecular formula is C12H19N3OS. The van der Waals surface area contributed by atoms with E-state index in [0.29, 0.717) is 12.3 Å². The predicted octanol–water partition coefficient (Wildman–Crippen LogP) is 2.30. The zero-order valence-electron chi connectivity index (χ0n) is 10.3. The standard InChI is InChI=1S/C12H19N3OS/c1-10(2)9-14-12(16)6-8-17-15-11-5-3-4-7-13-11/h3-5,7,10H,6,8-9H2,1-2H3,(H,13,15)(H,14,16). The Morgan fingerprint density at radius 3 is 2.94 bits per heavy atom. The van der Waals surface area contributed by atoms with Gasteiger partial charge in [-0.3, -0.25) is 4.79 Å². The molecular weight excluding hydrogens is 234 g/mol. The minimum Gasteiger partial charge on any atom is -0.356 e. The van der Waals surface area contributed by atoms with Crippen LogP contribution in [0.25, 0.3) is 0 Å². The van der Waals surface area contributed by atoms with Crippen LogP contribution in [0.1, 0.15) is 20.3 Å². The lowest BCUT2D eigenvalue weighted by Crippen LogP contribution is -2.27. The lowest BCUT2D eigenvalue weighted by Gasteiger charge is -2.07. The number of nitrogens with one attached hydrogen (secondary N) is 2. The third kappa shape index (κ3) is 6.84. The van der Waals surface area contributed by atoms with Gasteiger partial charge in [-0.05, 0) is 18.1 Å². The first-order chi connectivity index (χ1) is 8.18. The first-order valence-corrected chi connectivity index (χ1v) is 6.72. The summed E-state index contributed by atoms with van der Waals surface area (Å²) in [5.74, 6) is 2.16. The number of rotatable bonds is 7. The van der Waals surface area contributed by atoms with Crippen molar-refractivity contribution in [1.82, 2.24) is 10.3 Å². The van der Waals surface area contributed by atoms with Crippen molar-refractivity contribution in [3.63, 3.8) is 0 Å². The molecule has 0 aromatic carbocycles. The summed E-state index contributed by atoms with van der Waals surface area (Å²) >= 11 is 1.50. The Morgan fingerprint density at radius 1 is 1.47 bits per heavy atom. The van der Waals surface area contributed by atoms with Crippen molar-refractivity contribution in [2.24, 2.45) is 5.92 Å². The average Bonchev–Trinajstić information content (AvgIpc) is 2.33. The molecule has 0 aliphatic carbocycles. The summed E-state index contributed by atoms with van der Waals surface area (Å²) < 4.78 is 3.09. The van der Waals surface area contributed by atoms with Crippen LogP contribution < -0.4 is 10.0 Å². The van der Waals surface area contributed by atoms with Gasteiger partial charge in [0.15, 0.2) is 0 Å². The van der Waals surface area contributed by atoms with E-state index in [-0.39, 0.29) is 5.91 Å². The average molecular weight is 253 g/mol. The van der Waals surface area contributed by atoms with E-state index < -0.39 is 0 Å². The van der Waals surface area contributed by atoms with Crippen molar-refractivity contribution >= 4 is 23.7 Å². The maximum Gasteiger partial charge on any atom is 0.220 e. The van der Waals surface area contributed by atoms with Crippen molar-refractivity contribution in [2.45, 2.75) is 20.3 Å². The molecule has 0 unspecified atom stereocenters. The fourth-order valence-corrected chi connectivity index (χ4v) is 1.76. The molecule has 94 valence electrons. The van der Waals surface area contributed by atoms with Gasteiger partial charge in [-0.1, -0.05) is 31.9 Å². The number of aromatic nitrogens is 1. The molecule has 0 saturated carbocycles. The monoisotopic (exact) mass is 253 g/mol. The summed E-state index contributed by atoms with van der Waals surface area (Å²) in [7, 11) is 0. The lowest BCUT2D eigenvalue weighted by molar-refractivity contribution is -0.120. The summed E-state index contributed by atoms with van der Waals surface area (Å²) in [6.07, 6.45) is 2.26. The van der Waals surface area contributed by atoms with E-state index in [1.54, 1.807) is 6.20 Å². The number of anilines is 1. The van der Waals surface area contributed by atoms with Crippen molar-refractivity contribution in [3.8, 4) is 0 Å². The van der Waals surface area contributed by atoms with Gasteiger partial charge in [-0.2, -0.15) is 0 Å². The van der Waals surface area contributed by atoms with Crippen LogP contribution in [0.4, 0.5) is 5.82 Å². The molecule has 0 aliphatic rings. The summed E-state index contributed by atoms with van der Waals surface area (Å²) in [5, 5.41) is 2.89. The zero-order chi connectivity index (χ0) is 12.5. The SMILES string of the molecule is CC(C)CNC(=O)CCSNc1ccccn1. The Morgan fingerprint density at radius 2 is 2.29 bits per heavy atom. The van der Waals surface area contributed by atoms with Crippen LogP contribution in [0.3, 0.4) is 0 Å². The molecule has 1 aromatic heterocycles. The van der Waals surface area contributed by atoms with Gasteiger partial charge in [0.25, 0.3) is 0 Å². The lowest BCUT2D eigenvalue weighted by atomic mass is 10.2. The predicted molar refractivity (Wildman–Crippen MR) is 72.8 cm³/mol. The molecule has 2 N–H and O–H groups in total. The Hall–Kier alpha value is -1.23. The van der Waals surface area contributed by atoms with E-state index in [2.05, 4.69) is 28.9 Å². The molecule has 1 aromatic rings. The van der Waals surface area contributed by atoms with Gasteiger partial charge in [-0.15, -0.1) is 0 Å². The fraction of sp³-hybridized carbons (Fsp3) is 0.500. The van der Waals surface area contributed by atoms with E-state index in [1.807, 2.05) is 18.2 Å². The molecule has 1 rings (SSSR count). The summed E-state index contributed by atoms with van der Waals surface area (Å²) in [6, 6.07) is 5.69. The van der Waals surface area contributed by atoms with Crippen LogP contribution in [0.15, 0.2) is 24.4 Å². The normalized spacial score (nSPS) is 10.3. The number of amides is 1. The molecule has 0 bridgehead atoms. The highest BCUT2D eigenvalue weighted by molar-refractivity contribution is 8.00. The van der Waals surface area contributed by atoms with Crippen LogP contribution in [-0.2, 0) is 4.79 Å². The minimum atomic E-state index is 0.106. The molecule has 0 saturated heterocycles. The third-order valence-corrected chi connectivity index (χ3v) is 2.74. The minimum absolute atomic E-state index is 0.106. The molecule has 0 spiro atoms. The van der Waals surface area contributed by atoms with Crippen molar-refractivity contribution < 1.29 is 4.79 Å². The zero-order valence-corrected chi connectivity index (χ0v) is 11.1. The second-order valence-electron chi connectivity index (χ2n) is 4.11. The van der Waals surface area contributed by atoms with Crippen LogP contribution in [0.5, 0.6) is 0 Å². The third-order valence-electron chi connectivity index (χ3n) is 1.98. The molecule has 0 aliphatic heterocycles. The molecule has 1 amide bonds. The molecule has 1 heterocycles. The summed E-state index contributed by atoms with van der Waals surface area (Å²) in [4.78, 5) is 15.5. The molecule has 17 heavy (non-hydrogen) atoms. The molecule has 0 atom stereocenters. The van der Waals surface area contributed by atoms with E-state index in [1.165, 1.54) is 11.9 Å². The van der Waals surface area contributed by atoms with Crippen LogP contribution in [0, 0.1) is 5.92 Å². The van der Waals surface area contributed by atoms with Crippen molar-refractivity contribution in [1.29, 1.82) is 0 Å². The van der Waals surface area contributed by atoms with Crippen LogP contribution in [0.2, 0.25) is 0 Å².